The van der Waals surface area contributed by atoms with E-state index in [9.17, 15) is 10.1 Å². The third-order valence-electron chi connectivity index (χ3n) is 4.39. The lowest BCUT2D eigenvalue weighted by Gasteiger charge is -2.05. The Balaban J connectivity index is 1.77. The van der Waals surface area contributed by atoms with Crippen molar-refractivity contribution in [3.8, 4) is 23.1 Å². The Morgan fingerprint density at radius 1 is 1.21 bits per heavy atom. The molecule has 0 bridgehead atoms. The smallest absolute Gasteiger partial charge is 0.268 e. The predicted molar refractivity (Wildman–Crippen MR) is 117 cm³/mol. The molecule has 0 aliphatic rings. The molecule has 3 rings (SSSR count). The first kappa shape index (κ1) is 20.3. The van der Waals surface area contributed by atoms with E-state index in [1.165, 1.54) is 16.9 Å². The number of methoxy groups -OCH3 is 1. The summed E-state index contributed by atoms with van der Waals surface area (Å²) in [4.78, 5) is 17.0. The van der Waals surface area contributed by atoms with Gasteiger partial charge in [0.1, 0.15) is 17.4 Å². The van der Waals surface area contributed by atoms with E-state index < -0.39 is 5.91 Å². The molecule has 3 aromatic rings. The van der Waals surface area contributed by atoms with E-state index in [0.29, 0.717) is 22.5 Å². The van der Waals surface area contributed by atoms with Crippen LogP contribution in [0.1, 0.15) is 30.9 Å². The summed E-state index contributed by atoms with van der Waals surface area (Å²) in [6.07, 6.45) is 1.58. The van der Waals surface area contributed by atoms with Crippen LogP contribution in [0.15, 0.2) is 59.5 Å². The molecule has 0 saturated heterocycles. The maximum absolute atomic E-state index is 12.5. The molecule has 0 aliphatic heterocycles. The second kappa shape index (κ2) is 9.18. The highest BCUT2D eigenvalue weighted by molar-refractivity contribution is 7.14. The molecule has 0 saturated carbocycles. The number of hydrogen-bond acceptors (Lipinski definition) is 5. The van der Waals surface area contributed by atoms with Gasteiger partial charge >= 0.3 is 0 Å². The minimum absolute atomic E-state index is 0.0244. The van der Waals surface area contributed by atoms with Crippen molar-refractivity contribution in [2.45, 2.75) is 19.8 Å². The summed E-state index contributed by atoms with van der Waals surface area (Å²) in [6, 6.07) is 17.3. The molecule has 146 valence electrons. The Morgan fingerprint density at radius 2 is 1.93 bits per heavy atom. The number of para-hydroxylation sites is 1. The molecule has 0 spiro atoms. The van der Waals surface area contributed by atoms with Crippen molar-refractivity contribution in [1.82, 2.24) is 4.98 Å². The number of benzene rings is 2. The van der Waals surface area contributed by atoms with E-state index in [0.717, 1.165) is 11.1 Å². The number of thiazole rings is 1. The average Bonchev–Trinajstić information content (AvgIpc) is 3.20. The second-order valence-electron chi connectivity index (χ2n) is 6.68. The molecule has 0 fully saturated rings. The van der Waals surface area contributed by atoms with Gasteiger partial charge in [0.05, 0.1) is 12.8 Å². The highest BCUT2D eigenvalue weighted by Gasteiger charge is 2.14. The molecule has 0 unspecified atom stereocenters. The zero-order valence-corrected chi connectivity index (χ0v) is 17.3. The molecule has 29 heavy (non-hydrogen) atoms. The number of ether oxygens (including phenoxy) is 1. The Hall–Kier alpha value is -3.43. The normalized spacial score (nSPS) is 11.2. The van der Waals surface area contributed by atoms with Gasteiger partial charge in [-0.05, 0) is 35.3 Å². The highest BCUT2D eigenvalue weighted by Crippen LogP contribution is 2.32. The molecule has 1 heterocycles. The predicted octanol–water partition coefficient (Wildman–Crippen LogP) is 5.49. The number of nitrogens with zero attached hydrogens (tertiary/aromatic N) is 2. The number of nitriles is 1. The molecule has 6 heteroatoms. The zero-order valence-electron chi connectivity index (χ0n) is 16.5. The van der Waals surface area contributed by atoms with Gasteiger partial charge in [0.15, 0.2) is 5.13 Å². The molecule has 2 aromatic carbocycles. The van der Waals surface area contributed by atoms with Gasteiger partial charge in [0.2, 0.25) is 0 Å². The van der Waals surface area contributed by atoms with E-state index in [1.807, 2.05) is 60.0 Å². The fraction of sp³-hybridized carbons (Fsp3) is 0.174. The van der Waals surface area contributed by atoms with Gasteiger partial charge in [0.25, 0.3) is 5.91 Å². The van der Waals surface area contributed by atoms with Gasteiger partial charge in [0, 0.05) is 10.9 Å². The quantitative estimate of drug-likeness (QED) is 0.436. The fourth-order valence-electron chi connectivity index (χ4n) is 2.77. The summed E-state index contributed by atoms with van der Waals surface area (Å²) in [5, 5.41) is 14.4. The van der Waals surface area contributed by atoms with Crippen LogP contribution in [0.2, 0.25) is 0 Å². The third-order valence-corrected chi connectivity index (χ3v) is 5.14. The Kier molecular flexibility index (Phi) is 6.43. The van der Waals surface area contributed by atoms with Crippen LogP contribution in [0.25, 0.3) is 17.3 Å². The lowest BCUT2D eigenvalue weighted by atomic mass is 10.0. The van der Waals surface area contributed by atoms with Crippen molar-refractivity contribution in [3.05, 3.63) is 70.6 Å². The van der Waals surface area contributed by atoms with Gasteiger partial charge in [-0.15, -0.1) is 11.3 Å². The number of anilines is 1. The largest absolute Gasteiger partial charge is 0.496 e. The van der Waals surface area contributed by atoms with E-state index in [-0.39, 0.29) is 5.57 Å². The van der Waals surface area contributed by atoms with Crippen molar-refractivity contribution in [2.24, 2.45) is 0 Å². The van der Waals surface area contributed by atoms with Gasteiger partial charge in [-0.2, -0.15) is 5.26 Å². The van der Waals surface area contributed by atoms with Crippen LogP contribution < -0.4 is 10.1 Å². The van der Waals surface area contributed by atoms with E-state index in [4.69, 9.17) is 4.74 Å². The van der Waals surface area contributed by atoms with E-state index >= 15 is 0 Å². The lowest BCUT2D eigenvalue weighted by Crippen LogP contribution is -2.13. The van der Waals surface area contributed by atoms with Crippen molar-refractivity contribution in [1.29, 1.82) is 5.26 Å². The molecule has 0 atom stereocenters. The Bertz CT molecular complexity index is 1080. The Labute approximate surface area is 174 Å². The van der Waals surface area contributed by atoms with Crippen LogP contribution in [0.3, 0.4) is 0 Å². The van der Waals surface area contributed by atoms with Crippen LogP contribution in [0.5, 0.6) is 5.75 Å². The van der Waals surface area contributed by atoms with Crippen molar-refractivity contribution < 1.29 is 9.53 Å². The van der Waals surface area contributed by atoms with Gasteiger partial charge < -0.3 is 4.74 Å². The van der Waals surface area contributed by atoms with Crippen molar-refractivity contribution >= 4 is 28.5 Å². The van der Waals surface area contributed by atoms with Crippen molar-refractivity contribution in [2.75, 3.05) is 12.4 Å². The van der Waals surface area contributed by atoms with E-state index in [2.05, 4.69) is 24.1 Å². The number of nitrogens with one attached hydrogen (secondary N) is 1. The van der Waals surface area contributed by atoms with Crippen LogP contribution in [0, 0.1) is 11.3 Å². The number of carbonyl (C=O) groups is 1. The molecule has 1 N–H and O–H groups in total. The number of amides is 1. The highest BCUT2D eigenvalue weighted by atomic mass is 32.1. The SMILES string of the molecule is COc1ccccc1-c1csc(NC(=O)/C(C#N)=C/c2ccc(C(C)C)cc2)n1. The molecular weight excluding hydrogens is 382 g/mol. The topological polar surface area (TPSA) is 75.0 Å². The number of rotatable bonds is 6. The summed E-state index contributed by atoms with van der Waals surface area (Å²) >= 11 is 1.30. The molecule has 1 aromatic heterocycles. The Morgan fingerprint density at radius 3 is 2.59 bits per heavy atom. The monoisotopic (exact) mass is 403 g/mol. The minimum Gasteiger partial charge on any atom is -0.496 e. The van der Waals surface area contributed by atoms with Crippen LogP contribution in [-0.4, -0.2) is 18.0 Å². The van der Waals surface area contributed by atoms with Crippen molar-refractivity contribution in [3.63, 3.8) is 0 Å². The number of hydrogen-bond donors (Lipinski definition) is 1. The first-order chi connectivity index (χ1) is 14.0. The maximum atomic E-state index is 12.5. The van der Waals surface area contributed by atoms with Crippen LogP contribution in [-0.2, 0) is 4.79 Å². The van der Waals surface area contributed by atoms with Gasteiger partial charge in [-0.1, -0.05) is 50.2 Å². The molecule has 1 amide bonds. The first-order valence-corrected chi connectivity index (χ1v) is 10.0. The number of aromatic nitrogens is 1. The second-order valence-corrected chi connectivity index (χ2v) is 7.54. The van der Waals surface area contributed by atoms with Crippen LogP contribution >= 0.6 is 11.3 Å². The number of carbonyl (C=O) groups excluding carboxylic acids is 1. The van der Waals surface area contributed by atoms with Gasteiger partial charge in [-0.25, -0.2) is 4.98 Å². The summed E-state index contributed by atoms with van der Waals surface area (Å²) < 4.78 is 5.36. The summed E-state index contributed by atoms with van der Waals surface area (Å²) in [6.45, 7) is 4.23. The summed E-state index contributed by atoms with van der Waals surface area (Å²) in [7, 11) is 1.60. The standard InChI is InChI=1S/C23H21N3O2S/c1-15(2)17-10-8-16(9-11-17)12-18(13-24)22(27)26-23-25-20(14-29-23)19-6-4-5-7-21(19)28-3/h4-12,14-15H,1-3H3,(H,25,26,27)/b18-12+. The molecule has 0 radical (unpaired) electrons. The first-order valence-electron chi connectivity index (χ1n) is 9.14. The molecule has 5 nitrogen and oxygen atoms in total. The maximum Gasteiger partial charge on any atom is 0.268 e. The summed E-state index contributed by atoms with van der Waals surface area (Å²) in [5.74, 6) is 0.647. The minimum atomic E-state index is -0.485. The lowest BCUT2D eigenvalue weighted by molar-refractivity contribution is -0.112. The van der Waals surface area contributed by atoms with Crippen LogP contribution in [0.4, 0.5) is 5.13 Å². The van der Waals surface area contributed by atoms with Gasteiger partial charge in [-0.3, -0.25) is 10.1 Å². The average molecular weight is 404 g/mol. The molecule has 0 aliphatic carbocycles. The summed E-state index contributed by atoms with van der Waals surface area (Å²) in [5.41, 5.74) is 3.57. The zero-order chi connectivity index (χ0) is 20.8. The molecular formula is C23H21N3O2S. The van der Waals surface area contributed by atoms with E-state index in [1.54, 1.807) is 13.2 Å². The fourth-order valence-corrected chi connectivity index (χ4v) is 3.47. The third kappa shape index (κ3) is 4.89.